The van der Waals surface area contributed by atoms with Crippen LogP contribution in [0.1, 0.15) is 37.2 Å². The first-order chi connectivity index (χ1) is 9.63. The second-order valence-corrected chi connectivity index (χ2v) is 4.43. The molecule has 5 nitrogen and oxygen atoms in total. The highest BCUT2D eigenvalue weighted by molar-refractivity contribution is 5.30. The molecule has 1 N–H and O–H groups in total. The third-order valence-corrected chi connectivity index (χ3v) is 3.04. The summed E-state index contributed by atoms with van der Waals surface area (Å²) in [6.45, 7) is 3.95. The topological polar surface area (TPSA) is 60.2 Å². The van der Waals surface area contributed by atoms with E-state index in [1.807, 2.05) is 13.8 Å². The average Bonchev–Trinajstić information content (AvgIpc) is 2.92. The van der Waals surface area contributed by atoms with E-state index in [9.17, 15) is 4.39 Å². The molecule has 108 valence electrons. The molecule has 1 aromatic carbocycles. The van der Waals surface area contributed by atoms with Crippen molar-refractivity contribution < 1.29 is 13.5 Å². The van der Waals surface area contributed by atoms with Gasteiger partial charge in [0.25, 0.3) is 5.89 Å². The first-order valence-corrected chi connectivity index (χ1v) is 6.54. The number of hydrogen-bond acceptors (Lipinski definition) is 5. The lowest BCUT2D eigenvalue weighted by molar-refractivity contribution is 0.258. The Morgan fingerprint density at radius 3 is 2.70 bits per heavy atom. The van der Waals surface area contributed by atoms with Crippen molar-refractivity contribution in [3.63, 3.8) is 0 Å². The Balaban J connectivity index is 2.01. The van der Waals surface area contributed by atoms with Crippen molar-refractivity contribution in [1.29, 1.82) is 0 Å². The largest absolute Gasteiger partial charge is 0.484 e. The van der Waals surface area contributed by atoms with Crippen LogP contribution in [0, 0.1) is 5.82 Å². The Hall–Kier alpha value is -1.95. The number of nitrogens with one attached hydrogen (secondary N) is 1. The second kappa shape index (κ2) is 6.47. The Bertz CT molecular complexity index is 571. The predicted octanol–water partition coefficient (Wildman–Crippen LogP) is 2.63. The fourth-order valence-electron chi connectivity index (χ4n) is 1.74. The summed E-state index contributed by atoms with van der Waals surface area (Å²) in [6, 6.07) is 4.74. The summed E-state index contributed by atoms with van der Waals surface area (Å²) in [5.41, 5.74) is 0.603. The minimum absolute atomic E-state index is 0.0490. The molecular weight excluding hydrogens is 261 g/mol. The number of aryl methyl sites for hydroxylation is 1. The molecule has 0 saturated carbocycles. The highest BCUT2D eigenvalue weighted by atomic mass is 19.1. The fourth-order valence-corrected chi connectivity index (χ4v) is 1.74. The maximum absolute atomic E-state index is 13.9. The molecule has 0 radical (unpaired) electrons. The quantitative estimate of drug-likeness (QED) is 0.880. The van der Waals surface area contributed by atoms with E-state index in [1.54, 1.807) is 19.2 Å². The predicted molar refractivity (Wildman–Crippen MR) is 71.9 cm³/mol. The SMILES string of the molecule is CCc1nnc(COc2ccc(C(C)NC)c(F)c2)o1. The minimum atomic E-state index is -0.302. The zero-order valence-corrected chi connectivity index (χ0v) is 11.8. The van der Waals surface area contributed by atoms with E-state index in [1.165, 1.54) is 6.07 Å². The maximum atomic E-state index is 13.9. The minimum Gasteiger partial charge on any atom is -0.484 e. The molecule has 1 heterocycles. The van der Waals surface area contributed by atoms with Crippen molar-refractivity contribution in [2.45, 2.75) is 32.9 Å². The van der Waals surface area contributed by atoms with Gasteiger partial charge in [-0.3, -0.25) is 0 Å². The standard InChI is InChI=1S/C14H18FN3O2/c1-4-13-17-18-14(20-13)8-19-10-5-6-11(9(2)16-3)12(15)7-10/h5-7,9,16H,4,8H2,1-3H3. The smallest absolute Gasteiger partial charge is 0.253 e. The van der Waals surface area contributed by atoms with Gasteiger partial charge in [0.2, 0.25) is 5.89 Å². The van der Waals surface area contributed by atoms with E-state index < -0.39 is 0 Å². The van der Waals surface area contributed by atoms with Crippen LogP contribution in [0.3, 0.4) is 0 Å². The van der Waals surface area contributed by atoms with Gasteiger partial charge >= 0.3 is 0 Å². The van der Waals surface area contributed by atoms with Crippen LogP contribution in [0.15, 0.2) is 22.6 Å². The molecule has 0 aliphatic carbocycles. The summed E-state index contributed by atoms with van der Waals surface area (Å²) in [5.74, 6) is 1.08. The van der Waals surface area contributed by atoms with Gasteiger partial charge in [-0.2, -0.15) is 0 Å². The van der Waals surface area contributed by atoms with Crippen molar-refractivity contribution in [3.05, 3.63) is 41.4 Å². The van der Waals surface area contributed by atoms with Crippen molar-refractivity contribution in [2.24, 2.45) is 0 Å². The van der Waals surface area contributed by atoms with Crippen molar-refractivity contribution in [3.8, 4) is 5.75 Å². The van der Waals surface area contributed by atoms with Crippen molar-refractivity contribution in [2.75, 3.05) is 7.05 Å². The lowest BCUT2D eigenvalue weighted by Gasteiger charge is -2.12. The van der Waals surface area contributed by atoms with E-state index in [4.69, 9.17) is 9.15 Å². The zero-order valence-electron chi connectivity index (χ0n) is 11.8. The molecule has 2 rings (SSSR count). The number of halogens is 1. The number of hydrogen-bond donors (Lipinski definition) is 1. The molecular formula is C14H18FN3O2. The third-order valence-electron chi connectivity index (χ3n) is 3.04. The molecule has 2 aromatic rings. The molecule has 0 fully saturated rings. The van der Waals surface area contributed by atoms with Gasteiger partial charge in [-0.25, -0.2) is 4.39 Å². The monoisotopic (exact) mass is 279 g/mol. The number of aromatic nitrogens is 2. The molecule has 1 atom stereocenters. The maximum Gasteiger partial charge on any atom is 0.253 e. The molecule has 0 bridgehead atoms. The Kier molecular flexibility index (Phi) is 4.68. The van der Waals surface area contributed by atoms with Crippen LogP contribution in [-0.2, 0) is 13.0 Å². The summed E-state index contributed by atoms with van der Waals surface area (Å²) in [4.78, 5) is 0. The van der Waals surface area contributed by atoms with Crippen molar-refractivity contribution in [1.82, 2.24) is 15.5 Å². The first-order valence-electron chi connectivity index (χ1n) is 6.54. The number of nitrogens with zero attached hydrogens (tertiary/aromatic N) is 2. The number of benzene rings is 1. The van der Waals surface area contributed by atoms with E-state index in [-0.39, 0.29) is 18.5 Å². The van der Waals surface area contributed by atoms with Crippen LogP contribution in [0.4, 0.5) is 4.39 Å². The molecule has 6 heteroatoms. The summed E-state index contributed by atoms with van der Waals surface area (Å²) < 4.78 is 24.7. The van der Waals surface area contributed by atoms with Gasteiger partial charge in [0.05, 0.1) is 0 Å². The van der Waals surface area contributed by atoms with E-state index in [0.29, 0.717) is 29.5 Å². The summed E-state index contributed by atoms with van der Waals surface area (Å²) >= 11 is 0. The Morgan fingerprint density at radius 2 is 2.10 bits per heavy atom. The second-order valence-electron chi connectivity index (χ2n) is 4.43. The highest BCUT2D eigenvalue weighted by Crippen LogP contribution is 2.22. The van der Waals surface area contributed by atoms with E-state index in [0.717, 1.165) is 0 Å². The zero-order chi connectivity index (χ0) is 14.5. The number of ether oxygens (including phenoxy) is 1. The molecule has 0 aliphatic heterocycles. The Morgan fingerprint density at radius 1 is 1.35 bits per heavy atom. The third kappa shape index (κ3) is 3.33. The van der Waals surface area contributed by atoms with Crippen LogP contribution in [0.25, 0.3) is 0 Å². The van der Waals surface area contributed by atoms with Gasteiger partial charge in [0, 0.05) is 24.1 Å². The summed E-state index contributed by atoms with van der Waals surface area (Å²) in [7, 11) is 1.79. The fraction of sp³-hybridized carbons (Fsp3) is 0.429. The van der Waals surface area contributed by atoms with Crippen LogP contribution < -0.4 is 10.1 Å². The highest BCUT2D eigenvalue weighted by Gasteiger charge is 2.11. The molecule has 20 heavy (non-hydrogen) atoms. The van der Waals surface area contributed by atoms with Gasteiger partial charge in [0.1, 0.15) is 11.6 Å². The van der Waals surface area contributed by atoms with E-state index >= 15 is 0 Å². The average molecular weight is 279 g/mol. The van der Waals surface area contributed by atoms with E-state index in [2.05, 4.69) is 15.5 Å². The molecule has 0 aliphatic rings. The lowest BCUT2D eigenvalue weighted by atomic mass is 10.1. The van der Waals surface area contributed by atoms with Gasteiger partial charge < -0.3 is 14.5 Å². The summed E-state index contributed by atoms with van der Waals surface area (Å²) in [6.07, 6.45) is 0.679. The molecule has 1 unspecified atom stereocenters. The molecule has 1 aromatic heterocycles. The van der Waals surface area contributed by atoms with Crippen LogP contribution in [-0.4, -0.2) is 17.2 Å². The van der Waals surface area contributed by atoms with Gasteiger partial charge in [-0.15, -0.1) is 10.2 Å². The van der Waals surface area contributed by atoms with Crippen LogP contribution in [0.5, 0.6) is 5.75 Å². The Labute approximate surface area is 117 Å². The summed E-state index contributed by atoms with van der Waals surface area (Å²) in [5, 5.41) is 10.7. The normalized spacial score (nSPS) is 12.4. The number of rotatable bonds is 6. The molecule has 0 saturated heterocycles. The van der Waals surface area contributed by atoms with Gasteiger partial charge in [-0.1, -0.05) is 13.0 Å². The van der Waals surface area contributed by atoms with Gasteiger partial charge in [-0.05, 0) is 20.0 Å². The molecule has 0 amide bonds. The van der Waals surface area contributed by atoms with Gasteiger partial charge in [0.15, 0.2) is 6.61 Å². The molecule has 0 spiro atoms. The lowest BCUT2D eigenvalue weighted by Crippen LogP contribution is -2.13. The van der Waals surface area contributed by atoms with Crippen LogP contribution in [0.2, 0.25) is 0 Å². The van der Waals surface area contributed by atoms with Crippen LogP contribution >= 0.6 is 0 Å². The van der Waals surface area contributed by atoms with Crippen molar-refractivity contribution >= 4 is 0 Å². The first kappa shape index (κ1) is 14.5.